The van der Waals surface area contributed by atoms with E-state index in [9.17, 15) is 14.4 Å². The number of thiazole rings is 1. The second kappa shape index (κ2) is 10.4. The first kappa shape index (κ1) is 24.0. The molecule has 0 saturated heterocycles. The number of benzene rings is 2. The standard InChI is InChI=1S/C25H25N5O4S/c1-16-21(23(32)30(29(16)3)19-12-8-5-9-13-19)28-22(31)17(2)34-24(33)20-15-35-25(27-20)26-14-18-10-6-4-7-11-18/h4-13,15,17H,14H2,1-3H3,(H,26,27)(H,28,31)/t17-/m1/s1. The summed E-state index contributed by atoms with van der Waals surface area (Å²) in [5, 5.41) is 7.91. The normalized spacial score (nSPS) is 11.6. The maximum Gasteiger partial charge on any atom is 0.358 e. The molecular weight excluding hydrogens is 466 g/mol. The van der Waals surface area contributed by atoms with Gasteiger partial charge in [-0.15, -0.1) is 11.3 Å². The highest BCUT2D eigenvalue weighted by molar-refractivity contribution is 7.13. The van der Waals surface area contributed by atoms with Gasteiger partial charge in [0, 0.05) is 19.0 Å². The number of amides is 1. The molecule has 2 aromatic carbocycles. The van der Waals surface area contributed by atoms with Crippen LogP contribution in [0.5, 0.6) is 0 Å². The Labute approximate surface area is 206 Å². The molecule has 9 nitrogen and oxygen atoms in total. The summed E-state index contributed by atoms with van der Waals surface area (Å²) in [7, 11) is 1.73. The number of hydrogen-bond donors (Lipinski definition) is 2. The van der Waals surface area contributed by atoms with Crippen molar-refractivity contribution in [2.75, 3.05) is 10.6 Å². The zero-order valence-electron chi connectivity index (χ0n) is 19.5. The third kappa shape index (κ3) is 5.33. The van der Waals surface area contributed by atoms with Gasteiger partial charge >= 0.3 is 5.97 Å². The van der Waals surface area contributed by atoms with Crippen molar-refractivity contribution < 1.29 is 14.3 Å². The third-order valence-electron chi connectivity index (χ3n) is 5.46. The van der Waals surface area contributed by atoms with Crippen molar-refractivity contribution in [3.63, 3.8) is 0 Å². The lowest BCUT2D eigenvalue weighted by Gasteiger charge is -2.12. The molecule has 2 aromatic heterocycles. The maximum atomic E-state index is 13.0. The fourth-order valence-electron chi connectivity index (χ4n) is 3.43. The molecule has 0 unspecified atom stereocenters. The Morgan fingerprint density at radius 2 is 1.74 bits per heavy atom. The lowest BCUT2D eigenvalue weighted by Crippen LogP contribution is -2.32. The van der Waals surface area contributed by atoms with E-state index < -0.39 is 18.0 Å². The average molecular weight is 492 g/mol. The molecule has 0 spiro atoms. The van der Waals surface area contributed by atoms with E-state index in [1.54, 1.807) is 36.2 Å². The topological polar surface area (TPSA) is 107 Å². The molecule has 2 N–H and O–H groups in total. The number of carbonyl (C=O) groups excluding carboxylic acids is 2. The van der Waals surface area contributed by atoms with Crippen LogP contribution in [0.15, 0.2) is 70.8 Å². The summed E-state index contributed by atoms with van der Waals surface area (Å²) < 4.78 is 8.41. The molecule has 1 atom stereocenters. The van der Waals surface area contributed by atoms with Gasteiger partial charge in [0.05, 0.1) is 11.4 Å². The first-order valence-electron chi connectivity index (χ1n) is 10.9. The van der Waals surface area contributed by atoms with E-state index in [1.807, 2.05) is 48.5 Å². The monoisotopic (exact) mass is 491 g/mol. The predicted octanol–water partition coefficient (Wildman–Crippen LogP) is 3.74. The molecule has 2 heterocycles. The Morgan fingerprint density at radius 3 is 2.43 bits per heavy atom. The van der Waals surface area contributed by atoms with Crippen molar-refractivity contribution in [1.82, 2.24) is 14.3 Å². The Bertz CT molecular complexity index is 1390. The molecule has 4 aromatic rings. The fourth-order valence-corrected chi connectivity index (χ4v) is 4.11. The number of esters is 1. The van der Waals surface area contributed by atoms with Gasteiger partial charge in [0.2, 0.25) is 0 Å². The Kier molecular flexibility index (Phi) is 7.11. The molecule has 0 saturated carbocycles. The Balaban J connectivity index is 1.39. The highest BCUT2D eigenvalue weighted by atomic mass is 32.1. The number of nitrogens with one attached hydrogen (secondary N) is 2. The molecule has 1 amide bonds. The molecule has 0 fully saturated rings. The van der Waals surface area contributed by atoms with Crippen molar-refractivity contribution in [3.8, 4) is 5.69 Å². The molecule has 180 valence electrons. The predicted molar refractivity (Wildman–Crippen MR) is 135 cm³/mol. The lowest BCUT2D eigenvalue weighted by molar-refractivity contribution is -0.123. The fraction of sp³-hybridized carbons (Fsp3) is 0.200. The van der Waals surface area contributed by atoms with Crippen LogP contribution in [0.4, 0.5) is 10.8 Å². The number of anilines is 2. The largest absolute Gasteiger partial charge is 0.448 e. The van der Waals surface area contributed by atoms with Crippen LogP contribution in [-0.2, 0) is 23.1 Å². The van der Waals surface area contributed by atoms with Gasteiger partial charge in [-0.2, -0.15) is 0 Å². The highest BCUT2D eigenvalue weighted by Gasteiger charge is 2.24. The van der Waals surface area contributed by atoms with Gasteiger partial charge in [0.25, 0.3) is 11.5 Å². The molecule has 4 rings (SSSR count). The number of carbonyl (C=O) groups is 2. The van der Waals surface area contributed by atoms with E-state index >= 15 is 0 Å². The second-order valence-corrected chi connectivity index (χ2v) is 8.71. The number of hydrogen-bond acceptors (Lipinski definition) is 7. The van der Waals surface area contributed by atoms with E-state index in [0.717, 1.165) is 5.56 Å². The molecular formula is C25H25N5O4S. The molecule has 0 aliphatic carbocycles. The minimum Gasteiger partial charge on any atom is -0.448 e. The average Bonchev–Trinajstić information content (AvgIpc) is 3.43. The number of para-hydroxylation sites is 1. The summed E-state index contributed by atoms with van der Waals surface area (Å²) in [6, 6.07) is 18.9. The Morgan fingerprint density at radius 1 is 1.09 bits per heavy atom. The number of rotatable bonds is 8. The van der Waals surface area contributed by atoms with Crippen molar-refractivity contribution in [1.29, 1.82) is 0 Å². The summed E-state index contributed by atoms with van der Waals surface area (Å²) in [5.41, 5.74) is 2.18. The lowest BCUT2D eigenvalue weighted by atomic mass is 10.2. The SMILES string of the molecule is Cc1c(NC(=O)[C@@H](C)OC(=O)c2csc(NCc3ccccc3)n2)c(=O)n(-c2ccccc2)n1C. The van der Waals surface area contributed by atoms with E-state index in [-0.39, 0.29) is 16.9 Å². The minimum atomic E-state index is -1.13. The quantitative estimate of drug-likeness (QED) is 0.364. The van der Waals surface area contributed by atoms with E-state index in [4.69, 9.17) is 4.74 Å². The van der Waals surface area contributed by atoms with Crippen molar-refractivity contribution in [2.45, 2.75) is 26.5 Å². The van der Waals surface area contributed by atoms with Gasteiger partial charge in [-0.1, -0.05) is 48.5 Å². The van der Waals surface area contributed by atoms with Crippen LogP contribution in [0.1, 0.15) is 28.7 Å². The summed E-state index contributed by atoms with van der Waals surface area (Å²) in [6.07, 6.45) is -1.13. The van der Waals surface area contributed by atoms with E-state index in [1.165, 1.54) is 22.9 Å². The molecule has 0 aliphatic heterocycles. The van der Waals surface area contributed by atoms with Crippen LogP contribution in [0.2, 0.25) is 0 Å². The third-order valence-corrected chi connectivity index (χ3v) is 6.26. The van der Waals surface area contributed by atoms with Crippen molar-refractivity contribution in [3.05, 3.63) is 93.3 Å². The van der Waals surface area contributed by atoms with Crippen LogP contribution in [-0.4, -0.2) is 32.3 Å². The zero-order chi connectivity index (χ0) is 24.9. The van der Waals surface area contributed by atoms with Crippen LogP contribution in [0.3, 0.4) is 0 Å². The zero-order valence-corrected chi connectivity index (χ0v) is 20.3. The summed E-state index contributed by atoms with van der Waals surface area (Å²) in [5.74, 6) is -1.33. The van der Waals surface area contributed by atoms with Gasteiger partial charge in [-0.3, -0.25) is 14.3 Å². The molecule has 0 radical (unpaired) electrons. The van der Waals surface area contributed by atoms with Crippen LogP contribution < -0.4 is 16.2 Å². The summed E-state index contributed by atoms with van der Waals surface area (Å²) >= 11 is 1.27. The second-order valence-electron chi connectivity index (χ2n) is 7.85. The number of aromatic nitrogens is 3. The van der Waals surface area contributed by atoms with E-state index in [0.29, 0.717) is 23.1 Å². The van der Waals surface area contributed by atoms with Crippen molar-refractivity contribution >= 4 is 34.0 Å². The molecule has 0 aliphatic rings. The number of nitrogens with zero attached hydrogens (tertiary/aromatic N) is 3. The highest BCUT2D eigenvalue weighted by Crippen LogP contribution is 2.18. The molecule has 10 heteroatoms. The van der Waals surface area contributed by atoms with Crippen LogP contribution in [0, 0.1) is 6.92 Å². The molecule has 0 bridgehead atoms. The maximum absolute atomic E-state index is 13.0. The summed E-state index contributed by atoms with van der Waals surface area (Å²) in [6.45, 7) is 3.74. The minimum absolute atomic E-state index is 0.104. The molecule has 35 heavy (non-hydrogen) atoms. The van der Waals surface area contributed by atoms with Gasteiger partial charge in [-0.25, -0.2) is 14.5 Å². The van der Waals surface area contributed by atoms with Gasteiger partial charge in [0.1, 0.15) is 5.69 Å². The number of ether oxygens (including phenoxy) is 1. The first-order chi connectivity index (χ1) is 16.8. The van der Waals surface area contributed by atoms with Crippen LogP contribution >= 0.6 is 11.3 Å². The van der Waals surface area contributed by atoms with Gasteiger partial charge in [-0.05, 0) is 31.5 Å². The Hall–Kier alpha value is -4.18. The van der Waals surface area contributed by atoms with Crippen LogP contribution in [0.25, 0.3) is 5.69 Å². The van der Waals surface area contributed by atoms with Gasteiger partial charge in [0.15, 0.2) is 16.9 Å². The summed E-state index contributed by atoms with van der Waals surface area (Å²) in [4.78, 5) is 42.5. The van der Waals surface area contributed by atoms with E-state index in [2.05, 4.69) is 15.6 Å². The van der Waals surface area contributed by atoms with Crippen molar-refractivity contribution in [2.24, 2.45) is 7.05 Å². The van der Waals surface area contributed by atoms with Gasteiger partial charge < -0.3 is 15.4 Å². The smallest absolute Gasteiger partial charge is 0.358 e. The first-order valence-corrected chi connectivity index (χ1v) is 11.8.